The van der Waals surface area contributed by atoms with Crippen LogP contribution in [0.5, 0.6) is 11.5 Å². The van der Waals surface area contributed by atoms with Crippen molar-refractivity contribution in [2.75, 3.05) is 26.2 Å². The molecule has 0 saturated carbocycles. The number of carbonyl (C=O) groups excluding carboxylic acids is 4. The van der Waals surface area contributed by atoms with Gasteiger partial charge in [0.1, 0.15) is 40.6 Å². The number of imide groups is 1. The first kappa shape index (κ1) is 30.1. The standard InChI is InChI=1S/C24H23BF3N5O9/c26-12-2-1-10-7-15(25(41)42-19(10)17(12)23(38)39)30-20(35)18(16-13(27)8-11(34)9-14(16)28)31-24(40)33-6-5-32(4-3-29)21(36)22(33)37/h1-2,8-9,15,18,34,41H,3-7,29H2,(H,30,35)(H,31,40)(H,38,39)/t15-,18+/m0/s1. The van der Waals surface area contributed by atoms with Crippen molar-refractivity contribution in [3.05, 3.63) is 58.4 Å². The fraction of sp³-hybridized carbons (Fsp3) is 0.292. The minimum Gasteiger partial charge on any atom is -0.534 e. The minimum absolute atomic E-state index is 0.0323. The number of nitrogens with one attached hydrogen (secondary N) is 2. The number of phenols is 1. The maximum Gasteiger partial charge on any atom is 0.547 e. The maximum atomic E-state index is 14.8. The van der Waals surface area contributed by atoms with Crippen molar-refractivity contribution < 1.29 is 57.0 Å². The number of rotatable bonds is 7. The molecule has 4 rings (SSSR count). The lowest BCUT2D eigenvalue weighted by Gasteiger charge is -2.33. The number of phenolic OH excluding ortho intramolecular Hbond substituents is 1. The van der Waals surface area contributed by atoms with Crippen LogP contribution in [0.1, 0.15) is 27.5 Å². The molecule has 222 valence electrons. The third-order valence-corrected chi connectivity index (χ3v) is 6.59. The molecule has 14 nitrogen and oxygen atoms in total. The second-order valence-electron chi connectivity index (χ2n) is 9.29. The Labute approximate surface area is 235 Å². The summed E-state index contributed by atoms with van der Waals surface area (Å²) in [5.41, 5.74) is 3.55. The number of carboxylic acid groups (broad SMARTS) is 1. The fourth-order valence-electron chi connectivity index (χ4n) is 4.58. The Kier molecular flexibility index (Phi) is 8.58. The van der Waals surface area contributed by atoms with Crippen LogP contribution in [-0.2, 0) is 20.8 Å². The predicted molar refractivity (Wildman–Crippen MR) is 134 cm³/mol. The zero-order chi connectivity index (χ0) is 30.9. The number of carbonyl (C=O) groups is 5. The highest BCUT2D eigenvalue weighted by Gasteiger charge is 2.42. The van der Waals surface area contributed by atoms with Gasteiger partial charge in [-0.2, -0.15) is 0 Å². The van der Waals surface area contributed by atoms with Crippen molar-refractivity contribution in [2.24, 2.45) is 5.73 Å². The first-order valence-corrected chi connectivity index (χ1v) is 12.3. The number of piperazine rings is 1. The van der Waals surface area contributed by atoms with Gasteiger partial charge in [0.05, 0.1) is 11.5 Å². The Balaban J connectivity index is 1.61. The van der Waals surface area contributed by atoms with E-state index in [9.17, 15) is 52.4 Å². The van der Waals surface area contributed by atoms with E-state index in [1.165, 1.54) is 0 Å². The Morgan fingerprint density at radius 1 is 1.10 bits per heavy atom. The van der Waals surface area contributed by atoms with Crippen molar-refractivity contribution in [3.8, 4) is 11.5 Å². The summed E-state index contributed by atoms with van der Waals surface area (Å²) in [6, 6.07) is -0.685. The average molecular weight is 593 g/mol. The third-order valence-electron chi connectivity index (χ3n) is 6.59. The number of nitrogens with zero attached hydrogens (tertiary/aromatic N) is 2. The summed E-state index contributed by atoms with van der Waals surface area (Å²) in [6.07, 6.45) is -0.333. The molecule has 5 amide bonds. The molecule has 2 aromatic rings. The molecule has 18 heteroatoms. The quantitative estimate of drug-likeness (QED) is 0.171. The number of halogens is 3. The number of aromatic carboxylic acids is 1. The molecule has 2 aliphatic rings. The van der Waals surface area contributed by atoms with Crippen LogP contribution in [0.2, 0.25) is 0 Å². The molecule has 0 radical (unpaired) electrons. The van der Waals surface area contributed by atoms with E-state index in [0.717, 1.165) is 17.0 Å². The number of hydrogen-bond donors (Lipinski definition) is 6. The summed E-state index contributed by atoms with van der Waals surface area (Å²) in [5.74, 6) is -12.2. The molecule has 42 heavy (non-hydrogen) atoms. The molecule has 2 aromatic carbocycles. The lowest BCUT2D eigenvalue weighted by molar-refractivity contribution is -0.153. The number of carboxylic acids is 1. The van der Waals surface area contributed by atoms with Gasteiger partial charge in [-0.05, 0) is 18.1 Å². The van der Waals surface area contributed by atoms with E-state index in [4.69, 9.17) is 10.4 Å². The van der Waals surface area contributed by atoms with Crippen LogP contribution in [0.15, 0.2) is 24.3 Å². The molecule has 2 heterocycles. The number of hydrogen-bond acceptors (Lipinski definition) is 9. The molecular formula is C24H23BF3N5O9. The number of urea groups is 1. The van der Waals surface area contributed by atoms with E-state index in [-0.39, 0.29) is 38.2 Å². The van der Waals surface area contributed by atoms with Gasteiger partial charge in [0.2, 0.25) is 5.91 Å². The largest absolute Gasteiger partial charge is 0.547 e. The molecule has 0 unspecified atom stereocenters. The first-order valence-electron chi connectivity index (χ1n) is 12.3. The number of nitrogens with two attached hydrogens (primary N) is 1. The van der Waals surface area contributed by atoms with Crippen LogP contribution in [0.3, 0.4) is 0 Å². The molecule has 0 aliphatic carbocycles. The van der Waals surface area contributed by atoms with E-state index in [0.29, 0.717) is 17.0 Å². The highest BCUT2D eigenvalue weighted by Crippen LogP contribution is 2.33. The van der Waals surface area contributed by atoms with Crippen molar-refractivity contribution >= 4 is 36.8 Å². The van der Waals surface area contributed by atoms with E-state index in [1.54, 1.807) is 0 Å². The van der Waals surface area contributed by atoms with Gasteiger partial charge in [0, 0.05) is 38.3 Å². The summed E-state index contributed by atoms with van der Waals surface area (Å²) >= 11 is 0. The van der Waals surface area contributed by atoms with Gasteiger partial charge in [-0.15, -0.1) is 0 Å². The number of fused-ring (bicyclic) bond motifs is 1. The maximum absolute atomic E-state index is 14.8. The van der Waals surface area contributed by atoms with E-state index in [1.807, 2.05) is 5.32 Å². The zero-order valence-electron chi connectivity index (χ0n) is 21.5. The summed E-state index contributed by atoms with van der Waals surface area (Å²) in [6.45, 7) is -0.358. The van der Waals surface area contributed by atoms with Crippen molar-refractivity contribution in [1.29, 1.82) is 0 Å². The number of amides is 5. The van der Waals surface area contributed by atoms with E-state index >= 15 is 0 Å². The Morgan fingerprint density at radius 3 is 2.38 bits per heavy atom. The molecule has 7 N–H and O–H groups in total. The summed E-state index contributed by atoms with van der Waals surface area (Å²) in [4.78, 5) is 64.2. The monoisotopic (exact) mass is 593 g/mol. The Hall–Kier alpha value is -4.84. The minimum atomic E-state index is -2.22. The second kappa shape index (κ2) is 12.0. The van der Waals surface area contributed by atoms with Crippen molar-refractivity contribution in [3.63, 3.8) is 0 Å². The second-order valence-corrected chi connectivity index (χ2v) is 9.29. The van der Waals surface area contributed by atoms with Crippen LogP contribution in [0.25, 0.3) is 0 Å². The van der Waals surface area contributed by atoms with Gasteiger partial charge in [-0.3, -0.25) is 19.3 Å². The van der Waals surface area contributed by atoms with Gasteiger partial charge in [-0.1, -0.05) is 6.07 Å². The first-order chi connectivity index (χ1) is 19.8. The molecule has 1 fully saturated rings. The van der Waals surface area contributed by atoms with E-state index < -0.39 is 88.9 Å². The summed E-state index contributed by atoms with van der Waals surface area (Å²) in [7, 11) is -1.97. The van der Waals surface area contributed by atoms with Gasteiger partial charge in [0.15, 0.2) is 0 Å². The molecule has 0 spiro atoms. The molecule has 0 aromatic heterocycles. The van der Waals surface area contributed by atoms with Gasteiger partial charge in [-0.25, -0.2) is 22.8 Å². The van der Waals surface area contributed by atoms with Crippen LogP contribution in [-0.4, -0.2) is 94.0 Å². The highest BCUT2D eigenvalue weighted by atomic mass is 19.1. The Morgan fingerprint density at radius 2 is 1.76 bits per heavy atom. The molecule has 1 saturated heterocycles. The molecule has 2 atom stereocenters. The van der Waals surface area contributed by atoms with E-state index in [2.05, 4.69) is 5.32 Å². The SMILES string of the molecule is NCCN1CCN(C(=O)N[C@@H](C(=O)N[C@H]2Cc3ccc(F)c(C(=O)O)c3OB2O)c2c(F)cc(O)cc2F)C(=O)C1=O. The lowest BCUT2D eigenvalue weighted by Crippen LogP contribution is -2.60. The van der Waals surface area contributed by atoms with Crippen LogP contribution in [0.4, 0.5) is 18.0 Å². The zero-order valence-corrected chi connectivity index (χ0v) is 21.5. The van der Waals surface area contributed by atoms with Gasteiger partial charge >= 0.3 is 30.9 Å². The van der Waals surface area contributed by atoms with Crippen LogP contribution in [0, 0.1) is 17.5 Å². The summed E-state index contributed by atoms with van der Waals surface area (Å²) in [5, 5.41) is 33.5. The van der Waals surface area contributed by atoms with Crippen molar-refractivity contribution in [2.45, 2.75) is 18.4 Å². The van der Waals surface area contributed by atoms with Gasteiger partial charge in [0.25, 0.3) is 0 Å². The van der Waals surface area contributed by atoms with Gasteiger partial charge < -0.3 is 41.2 Å². The average Bonchev–Trinajstić information content (AvgIpc) is 2.90. The highest BCUT2D eigenvalue weighted by molar-refractivity contribution is 6.47. The summed E-state index contributed by atoms with van der Waals surface area (Å²) < 4.78 is 48.9. The number of aromatic hydroxyl groups is 1. The normalized spacial score (nSPS) is 17.4. The topological polar surface area (TPSA) is 212 Å². The van der Waals surface area contributed by atoms with Crippen LogP contribution < -0.4 is 21.0 Å². The number of benzene rings is 2. The third kappa shape index (κ3) is 5.79. The molecule has 2 aliphatic heterocycles. The molecular weight excluding hydrogens is 570 g/mol. The Bertz CT molecular complexity index is 1460. The van der Waals surface area contributed by atoms with Crippen molar-refractivity contribution in [1.82, 2.24) is 20.4 Å². The lowest BCUT2D eigenvalue weighted by atomic mass is 9.72. The molecule has 0 bridgehead atoms. The fourth-order valence-corrected chi connectivity index (χ4v) is 4.58. The smallest absolute Gasteiger partial charge is 0.534 e. The van der Waals surface area contributed by atoms with Crippen LogP contribution >= 0.6 is 0 Å². The predicted octanol–water partition coefficient (Wildman–Crippen LogP) is -0.972.